The molecular weight excluding hydrogens is 408 g/mol. The number of carbonyl (C=O) groups is 2. The van der Waals surface area contributed by atoms with Crippen LogP contribution in [0, 0.1) is 33.1 Å². The van der Waals surface area contributed by atoms with Gasteiger partial charge in [-0.3, -0.25) is 34.7 Å². The molecule has 1 aliphatic rings. The number of rotatable bonds is 6. The van der Waals surface area contributed by atoms with Gasteiger partial charge in [-0.25, -0.2) is 0 Å². The predicted octanol–water partition coefficient (Wildman–Crippen LogP) is 3.20. The number of nitrogens with one attached hydrogen (secondary N) is 1. The van der Waals surface area contributed by atoms with Crippen LogP contribution in [0.25, 0.3) is 0 Å². The van der Waals surface area contributed by atoms with Gasteiger partial charge in [-0.15, -0.1) is 0 Å². The van der Waals surface area contributed by atoms with Crippen molar-refractivity contribution in [1.29, 1.82) is 0 Å². The van der Waals surface area contributed by atoms with Gasteiger partial charge >= 0.3 is 0 Å². The standard InChI is InChI=1S/C20H20N4O7/c1-11(2)19-20(26)22(16-9-14(24(29)30)6-7-17(16)31-19)10-18(25)21-15-8-13(23(27)28)5-4-12(15)3/h4-9,11,19H,10H2,1-3H3,(H,21,25). The Morgan fingerprint density at radius 2 is 1.74 bits per heavy atom. The summed E-state index contributed by atoms with van der Waals surface area (Å²) >= 11 is 0. The molecule has 0 saturated carbocycles. The molecule has 31 heavy (non-hydrogen) atoms. The van der Waals surface area contributed by atoms with Crippen molar-refractivity contribution in [3.8, 4) is 5.75 Å². The van der Waals surface area contributed by atoms with Gasteiger partial charge in [0.25, 0.3) is 17.3 Å². The Bertz CT molecular complexity index is 1080. The number of nitro benzene ring substituents is 2. The Hall–Kier alpha value is -4.02. The average molecular weight is 428 g/mol. The van der Waals surface area contributed by atoms with Crippen molar-refractivity contribution < 1.29 is 24.2 Å². The van der Waals surface area contributed by atoms with Gasteiger partial charge in [-0.05, 0) is 24.5 Å². The second-order valence-electron chi connectivity index (χ2n) is 7.42. The summed E-state index contributed by atoms with van der Waals surface area (Å²) in [7, 11) is 0. The molecule has 2 amide bonds. The predicted molar refractivity (Wildman–Crippen MR) is 111 cm³/mol. The van der Waals surface area contributed by atoms with Crippen LogP contribution >= 0.6 is 0 Å². The maximum atomic E-state index is 13.0. The third kappa shape index (κ3) is 4.44. The lowest BCUT2D eigenvalue weighted by Gasteiger charge is -2.35. The molecule has 1 aliphatic heterocycles. The number of ether oxygens (including phenoxy) is 1. The quantitative estimate of drug-likeness (QED) is 0.549. The average Bonchev–Trinajstić information content (AvgIpc) is 2.70. The van der Waals surface area contributed by atoms with Gasteiger partial charge in [0, 0.05) is 24.3 Å². The fraction of sp³-hybridized carbons (Fsp3) is 0.300. The molecule has 3 rings (SSSR count). The normalized spacial score (nSPS) is 15.3. The monoisotopic (exact) mass is 428 g/mol. The number of benzene rings is 2. The number of non-ortho nitro benzene ring substituents is 2. The van der Waals surface area contributed by atoms with Crippen LogP contribution in [0.15, 0.2) is 36.4 Å². The number of hydrogen-bond acceptors (Lipinski definition) is 7. The van der Waals surface area contributed by atoms with E-state index in [0.717, 1.165) is 4.90 Å². The zero-order valence-corrected chi connectivity index (χ0v) is 17.0. The third-order valence-electron chi connectivity index (χ3n) is 4.82. The van der Waals surface area contributed by atoms with E-state index in [0.29, 0.717) is 5.56 Å². The van der Waals surface area contributed by atoms with E-state index in [4.69, 9.17) is 4.74 Å². The fourth-order valence-corrected chi connectivity index (χ4v) is 3.17. The topological polar surface area (TPSA) is 145 Å². The minimum atomic E-state index is -0.860. The maximum absolute atomic E-state index is 13.0. The summed E-state index contributed by atoms with van der Waals surface area (Å²) in [5.41, 5.74) is 0.507. The molecular formula is C20H20N4O7. The first-order chi connectivity index (χ1) is 14.6. The van der Waals surface area contributed by atoms with Gasteiger partial charge < -0.3 is 10.1 Å². The molecule has 162 valence electrons. The summed E-state index contributed by atoms with van der Waals surface area (Å²) in [6.07, 6.45) is -0.860. The molecule has 11 nitrogen and oxygen atoms in total. The number of nitrogens with zero attached hydrogens (tertiary/aromatic N) is 3. The van der Waals surface area contributed by atoms with Gasteiger partial charge in [0.2, 0.25) is 5.91 Å². The molecule has 0 aliphatic carbocycles. The molecule has 2 aromatic rings. The summed E-state index contributed by atoms with van der Waals surface area (Å²) in [5, 5.41) is 24.7. The van der Waals surface area contributed by atoms with Gasteiger partial charge in [0.1, 0.15) is 12.3 Å². The molecule has 0 radical (unpaired) electrons. The van der Waals surface area contributed by atoms with Crippen LogP contribution in [0.1, 0.15) is 19.4 Å². The molecule has 0 spiro atoms. The third-order valence-corrected chi connectivity index (χ3v) is 4.82. The van der Waals surface area contributed by atoms with Gasteiger partial charge in [0.15, 0.2) is 6.10 Å². The van der Waals surface area contributed by atoms with E-state index in [1.807, 2.05) is 0 Å². The number of hydrogen-bond donors (Lipinski definition) is 1. The highest BCUT2D eigenvalue weighted by Crippen LogP contribution is 2.38. The Labute approximate surface area is 176 Å². The Morgan fingerprint density at radius 3 is 2.35 bits per heavy atom. The smallest absolute Gasteiger partial charge is 0.271 e. The van der Waals surface area contributed by atoms with E-state index < -0.39 is 34.3 Å². The van der Waals surface area contributed by atoms with Crippen molar-refractivity contribution in [3.63, 3.8) is 0 Å². The zero-order chi connectivity index (χ0) is 22.9. The van der Waals surface area contributed by atoms with E-state index >= 15 is 0 Å². The van der Waals surface area contributed by atoms with E-state index in [1.54, 1.807) is 20.8 Å². The van der Waals surface area contributed by atoms with E-state index in [1.165, 1.54) is 36.4 Å². The van der Waals surface area contributed by atoms with Crippen molar-refractivity contribution in [2.75, 3.05) is 16.8 Å². The summed E-state index contributed by atoms with van der Waals surface area (Å²) < 4.78 is 5.71. The SMILES string of the molecule is Cc1ccc([N+](=O)[O-])cc1NC(=O)CN1C(=O)C(C(C)C)Oc2ccc([N+](=O)[O-])cc21. The van der Waals surface area contributed by atoms with Gasteiger partial charge in [-0.2, -0.15) is 0 Å². The van der Waals surface area contributed by atoms with Crippen molar-refractivity contribution in [2.45, 2.75) is 26.9 Å². The van der Waals surface area contributed by atoms with Gasteiger partial charge in [-0.1, -0.05) is 19.9 Å². The largest absolute Gasteiger partial charge is 0.478 e. The van der Waals surface area contributed by atoms with E-state index in [-0.39, 0.29) is 34.4 Å². The molecule has 1 unspecified atom stereocenters. The zero-order valence-electron chi connectivity index (χ0n) is 17.0. The lowest BCUT2D eigenvalue weighted by molar-refractivity contribution is -0.385. The first-order valence-corrected chi connectivity index (χ1v) is 9.40. The lowest BCUT2D eigenvalue weighted by Crippen LogP contribution is -2.50. The summed E-state index contributed by atoms with van der Waals surface area (Å²) in [6, 6.07) is 7.88. The second-order valence-corrected chi connectivity index (χ2v) is 7.42. The van der Waals surface area contributed by atoms with Crippen molar-refractivity contribution in [3.05, 3.63) is 62.2 Å². The number of aryl methyl sites for hydroxylation is 1. The van der Waals surface area contributed by atoms with Crippen molar-refractivity contribution in [2.24, 2.45) is 5.92 Å². The summed E-state index contributed by atoms with van der Waals surface area (Å²) in [6.45, 7) is 4.79. The highest BCUT2D eigenvalue weighted by Gasteiger charge is 2.38. The van der Waals surface area contributed by atoms with Crippen LogP contribution < -0.4 is 15.0 Å². The summed E-state index contributed by atoms with van der Waals surface area (Å²) in [4.78, 5) is 47.8. The van der Waals surface area contributed by atoms with Crippen LogP contribution in [0.4, 0.5) is 22.7 Å². The van der Waals surface area contributed by atoms with Crippen LogP contribution in [0.3, 0.4) is 0 Å². The molecule has 0 saturated heterocycles. The van der Waals surface area contributed by atoms with Crippen molar-refractivity contribution in [1.82, 2.24) is 0 Å². The molecule has 0 aromatic heterocycles. The van der Waals surface area contributed by atoms with Crippen LogP contribution in [-0.4, -0.2) is 34.3 Å². The molecule has 0 fully saturated rings. The Morgan fingerprint density at radius 1 is 1.13 bits per heavy atom. The number of fused-ring (bicyclic) bond motifs is 1. The molecule has 1 heterocycles. The Balaban J connectivity index is 1.92. The van der Waals surface area contributed by atoms with Gasteiger partial charge in [0.05, 0.1) is 21.2 Å². The Kier molecular flexibility index (Phi) is 5.86. The first-order valence-electron chi connectivity index (χ1n) is 9.40. The minimum absolute atomic E-state index is 0.113. The van der Waals surface area contributed by atoms with E-state index in [9.17, 15) is 29.8 Å². The van der Waals surface area contributed by atoms with Crippen LogP contribution in [0.5, 0.6) is 5.75 Å². The molecule has 11 heteroatoms. The number of amides is 2. The van der Waals surface area contributed by atoms with Crippen LogP contribution in [0.2, 0.25) is 0 Å². The number of carbonyl (C=O) groups excluding carboxylic acids is 2. The molecule has 0 bridgehead atoms. The number of nitro groups is 2. The number of anilines is 2. The molecule has 2 aromatic carbocycles. The van der Waals surface area contributed by atoms with E-state index in [2.05, 4.69) is 5.32 Å². The first kappa shape index (κ1) is 21.7. The maximum Gasteiger partial charge on any atom is 0.271 e. The van der Waals surface area contributed by atoms with Crippen LogP contribution in [-0.2, 0) is 9.59 Å². The second kappa shape index (κ2) is 8.38. The lowest BCUT2D eigenvalue weighted by atomic mass is 10.0. The highest BCUT2D eigenvalue weighted by molar-refractivity contribution is 6.06. The van der Waals surface area contributed by atoms with Crippen molar-refractivity contribution >= 4 is 34.6 Å². The highest BCUT2D eigenvalue weighted by atomic mass is 16.6. The molecule has 1 N–H and O–H groups in total. The molecule has 1 atom stereocenters. The summed E-state index contributed by atoms with van der Waals surface area (Å²) in [5.74, 6) is -1.07. The minimum Gasteiger partial charge on any atom is -0.478 e. The fourth-order valence-electron chi connectivity index (χ4n) is 3.17.